The maximum absolute atomic E-state index is 11.2. The lowest BCUT2D eigenvalue weighted by atomic mass is 10.3. The molecule has 1 aliphatic rings. The fourth-order valence-corrected chi connectivity index (χ4v) is 1.53. The minimum atomic E-state index is -0.358. The predicted molar refractivity (Wildman–Crippen MR) is 48.0 cm³/mol. The second-order valence-electron chi connectivity index (χ2n) is 3.35. The molecule has 0 saturated carbocycles. The summed E-state index contributed by atoms with van der Waals surface area (Å²) in [5, 5.41) is 1.49. The summed E-state index contributed by atoms with van der Waals surface area (Å²) in [7, 11) is 5.28. The van der Waals surface area contributed by atoms with Crippen LogP contribution in [0.25, 0.3) is 0 Å². The number of aromatic nitrogens is 2. The van der Waals surface area contributed by atoms with E-state index < -0.39 is 0 Å². The highest BCUT2D eigenvalue weighted by molar-refractivity contribution is 5.69. The van der Waals surface area contributed by atoms with E-state index >= 15 is 0 Å². The van der Waals surface area contributed by atoms with Crippen molar-refractivity contribution in [1.82, 2.24) is 19.5 Å². The van der Waals surface area contributed by atoms with Gasteiger partial charge in [-0.05, 0) is 0 Å². The normalized spacial score (nSPS) is 22.9. The summed E-state index contributed by atoms with van der Waals surface area (Å²) in [6.45, 7) is 0. The van der Waals surface area contributed by atoms with Crippen molar-refractivity contribution in [2.45, 2.75) is 6.17 Å². The van der Waals surface area contributed by atoms with Crippen LogP contribution in [0.15, 0.2) is 12.5 Å². The zero-order valence-corrected chi connectivity index (χ0v) is 8.34. The van der Waals surface area contributed by atoms with Crippen LogP contribution in [0.2, 0.25) is 0 Å². The third-order valence-corrected chi connectivity index (χ3v) is 2.21. The maximum Gasteiger partial charge on any atom is 0.430 e. The molecule has 0 spiro atoms. The van der Waals surface area contributed by atoms with Gasteiger partial charge in [-0.1, -0.05) is 0 Å². The van der Waals surface area contributed by atoms with Crippen LogP contribution in [0.3, 0.4) is 0 Å². The zero-order valence-electron chi connectivity index (χ0n) is 8.34. The van der Waals surface area contributed by atoms with Crippen LogP contribution in [0.1, 0.15) is 11.9 Å². The van der Waals surface area contributed by atoms with E-state index in [0.29, 0.717) is 0 Å². The van der Waals surface area contributed by atoms with Crippen LogP contribution >= 0.6 is 0 Å². The molecule has 1 atom stereocenters. The van der Waals surface area contributed by atoms with Gasteiger partial charge in [0.25, 0.3) is 0 Å². The smallest absolute Gasteiger partial charge is 0.349 e. The molecule has 1 aromatic heterocycles. The second-order valence-corrected chi connectivity index (χ2v) is 3.35. The third kappa shape index (κ3) is 1.24. The molecule has 1 aliphatic heterocycles. The van der Waals surface area contributed by atoms with Crippen molar-refractivity contribution in [3.8, 4) is 0 Å². The van der Waals surface area contributed by atoms with Crippen LogP contribution in [-0.2, 0) is 11.9 Å². The van der Waals surface area contributed by atoms with E-state index in [1.54, 1.807) is 20.4 Å². The first-order chi connectivity index (χ1) is 6.59. The highest BCUT2D eigenvalue weighted by Crippen LogP contribution is 2.27. The number of carbonyl (C=O) groups is 1. The van der Waals surface area contributed by atoms with Crippen molar-refractivity contribution in [2.75, 3.05) is 14.1 Å². The van der Waals surface area contributed by atoms with Gasteiger partial charge in [-0.3, -0.25) is 4.90 Å². The molecule has 14 heavy (non-hydrogen) atoms. The Labute approximate surface area is 81.6 Å². The number of imidazole rings is 1. The summed E-state index contributed by atoms with van der Waals surface area (Å²) >= 11 is 0. The van der Waals surface area contributed by atoms with Gasteiger partial charge in [0.2, 0.25) is 0 Å². The van der Waals surface area contributed by atoms with Gasteiger partial charge in [0.05, 0.1) is 12.0 Å². The highest BCUT2D eigenvalue weighted by Gasteiger charge is 2.37. The highest BCUT2D eigenvalue weighted by atomic mass is 16.7. The molecule has 1 aromatic rings. The Hall–Kier alpha value is -1.56. The van der Waals surface area contributed by atoms with Crippen molar-refractivity contribution in [1.29, 1.82) is 0 Å². The Kier molecular flexibility index (Phi) is 1.92. The van der Waals surface area contributed by atoms with Gasteiger partial charge >= 0.3 is 6.09 Å². The van der Waals surface area contributed by atoms with Gasteiger partial charge < -0.3 is 9.40 Å². The Morgan fingerprint density at radius 3 is 2.57 bits per heavy atom. The lowest BCUT2D eigenvalue weighted by Gasteiger charge is -2.17. The van der Waals surface area contributed by atoms with Crippen molar-refractivity contribution in [2.24, 2.45) is 7.05 Å². The van der Waals surface area contributed by atoms with Crippen molar-refractivity contribution >= 4 is 6.09 Å². The molecule has 0 radical (unpaired) electrons. The fourth-order valence-electron chi connectivity index (χ4n) is 1.53. The molecular formula is C8H12N4O2. The fraction of sp³-hybridized carbons (Fsp3) is 0.500. The first-order valence-corrected chi connectivity index (χ1v) is 4.25. The molecule has 0 N–H and O–H groups in total. The molecule has 0 aromatic carbocycles. The number of amides is 1. The lowest BCUT2D eigenvalue weighted by molar-refractivity contribution is -0.0728. The van der Waals surface area contributed by atoms with E-state index in [1.165, 1.54) is 9.96 Å². The summed E-state index contributed by atoms with van der Waals surface area (Å²) in [6, 6.07) is 0. The van der Waals surface area contributed by atoms with Crippen LogP contribution < -0.4 is 0 Å². The van der Waals surface area contributed by atoms with Gasteiger partial charge in [0.15, 0.2) is 6.17 Å². The van der Waals surface area contributed by atoms with E-state index in [-0.39, 0.29) is 12.3 Å². The average molecular weight is 196 g/mol. The van der Waals surface area contributed by atoms with Crippen molar-refractivity contribution < 1.29 is 9.63 Å². The average Bonchev–Trinajstić information content (AvgIpc) is 2.60. The largest absolute Gasteiger partial charge is 0.430 e. The standard InChI is InChI=1S/C8H12N4O2/c1-10-4-6(9-5-10)7-11(2)8(13)14-12(7)3/h4-5,7H,1-3H3. The SMILES string of the molecule is CN1OC(=O)N(C)C1c1cn(C)cn1. The summed E-state index contributed by atoms with van der Waals surface area (Å²) in [6.07, 6.45) is 2.96. The van der Waals surface area contributed by atoms with E-state index in [0.717, 1.165) is 5.69 Å². The summed E-state index contributed by atoms with van der Waals surface area (Å²) in [4.78, 5) is 21.8. The lowest BCUT2D eigenvalue weighted by Crippen LogP contribution is -2.26. The minimum absolute atomic E-state index is 0.233. The van der Waals surface area contributed by atoms with Crippen molar-refractivity contribution in [3.05, 3.63) is 18.2 Å². The summed E-state index contributed by atoms with van der Waals surface area (Å²) in [5.74, 6) is 0. The number of carbonyl (C=O) groups excluding carboxylic acids is 1. The molecule has 1 unspecified atom stereocenters. The topological polar surface area (TPSA) is 50.6 Å². The quantitative estimate of drug-likeness (QED) is 0.650. The molecule has 6 nitrogen and oxygen atoms in total. The molecule has 1 saturated heterocycles. The molecular weight excluding hydrogens is 184 g/mol. The third-order valence-electron chi connectivity index (χ3n) is 2.21. The number of nitrogens with zero attached hydrogens (tertiary/aromatic N) is 4. The number of rotatable bonds is 1. The zero-order chi connectivity index (χ0) is 10.3. The molecule has 0 aliphatic carbocycles. The first kappa shape index (κ1) is 9.01. The summed E-state index contributed by atoms with van der Waals surface area (Å²) in [5.41, 5.74) is 0.795. The van der Waals surface area contributed by atoms with Gasteiger partial charge in [0.1, 0.15) is 0 Å². The number of hydrogen-bond donors (Lipinski definition) is 0. The van der Waals surface area contributed by atoms with Crippen LogP contribution in [0.4, 0.5) is 4.79 Å². The van der Waals surface area contributed by atoms with E-state index in [2.05, 4.69) is 4.98 Å². The number of hydrogen-bond acceptors (Lipinski definition) is 4. The molecule has 2 rings (SSSR count). The molecule has 6 heteroatoms. The van der Waals surface area contributed by atoms with E-state index in [4.69, 9.17) is 4.84 Å². The molecule has 0 bridgehead atoms. The van der Waals surface area contributed by atoms with Gasteiger partial charge in [-0.15, -0.1) is 5.06 Å². The van der Waals surface area contributed by atoms with Gasteiger partial charge in [-0.2, -0.15) is 0 Å². The molecule has 76 valence electrons. The number of aryl methyl sites for hydroxylation is 1. The van der Waals surface area contributed by atoms with Crippen LogP contribution in [-0.4, -0.2) is 39.7 Å². The molecule has 1 amide bonds. The Balaban J connectivity index is 2.30. The molecule has 1 fully saturated rings. The summed E-state index contributed by atoms with van der Waals surface area (Å²) < 4.78 is 1.83. The minimum Gasteiger partial charge on any atom is -0.349 e. The van der Waals surface area contributed by atoms with Crippen molar-refractivity contribution in [3.63, 3.8) is 0 Å². The second kappa shape index (κ2) is 2.98. The Morgan fingerprint density at radius 2 is 2.14 bits per heavy atom. The monoisotopic (exact) mass is 196 g/mol. The van der Waals surface area contributed by atoms with Gasteiger partial charge in [-0.25, -0.2) is 9.78 Å². The maximum atomic E-state index is 11.2. The van der Waals surface area contributed by atoms with Crippen LogP contribution in [0.5, 0.6) is 0 Å². The van der Waals surface area contributed by atoms with Gasteiger partial charge in [0, 0.05) is 27.3 Å². The first-order valence-electron chi connectivity index (χ1n) is 4.25. The predicted octanol–water partition coefficient (Wildman–Crippen LogP) is 0.347. The Bertz CT molecular complexity index is 362. The molecule has 2 heterocycles. The van der Waals surface area contributed by atoms with E-state index in [1.807, 2.05) is 17.8 Å². The number of hydroxylamine groups is 2. The Morgan fingerprint density at radius 1 is 1.43 bits per heavy atom. The van der Waals surface area contributed by atoms with Crippen LogP contribution in [0, 0.1) is 0 Å². The van der Waals surface area contributed by atoms with E-state index in [9.17, 15) is 4.79 Å².